The van der Waals surface area contributed by atoms with Gasteiger partial charge in [-0.15, -0.1) is 5.10 Å². The maximum atomic E-state index is 12.7. The molecule has 34 heavy (non-hydrogen) atoms. The number of methoxy groups -OCH3 is 2. The van der Waals surface area contributed by atoms with Crippen LogP contribution in [0.1, 0.15) is 33.7 Å². The average molecular weight is 489 g/mol. The van der Waals surface area contributed by atoms with Crippen LogP contribution in [0, 0.1) is 0 Å². The number of fused-ring (bicyclic) bond motifs is 1. The fourth-order valence-corrected chi connectivity index (χ4v) is 4.22. The summed E-state index contributed by atoms with van der Waals surface area (Å²) < 4.78 is 50.0. The molecule has 4 rings (SSSR count). The van der Waals surface area contributed by atoms with E-state index in [0.717, 1.165) is 28.0 Å². The Balaban J connectivity index is 1.52. The fourth-order valence-electron chi connectivity index (χ4n) is 3.29. The second-order valence-electron chi connectivity index (χ2n) is 7.25. The number of ketones is 1. The molecule has 0 unspecified atom stereocenters. The van der Waals surface area contributed by atoms with Gasteiger partial charge >= 0.3 is 6.18 Å². The molecule has 0 amide bonds. The molecule has 0 spiro atoms. The summed E-state index contributed by atoms with van der Waals surface area (Å²) in [5, 5.41) is 4.19. The molecule has 0 saturated heterocycles. The molecule has 0 atom stereocenters. The fraction of sp³-hybridized carbons (Fsp3) is 0.217. The van der Waals surface area contributed by atoms with Gasteiger partial charge in [0.2, 0.25) is 4.96 Å². The number of nitrogens with zero attached hydrogens (tertiary/aromatic N) is 3. The summed E-state index contributed by atoms with van der Waals surface area (Å²) in [6.07, 6.45) is -2.63. The van der Waals surface area contributed by atoms with E-state index in [4.69, 9.17) is 9.47 Å². The third kappa shape index (κ3) is 4.79. The van der Waals surface area contributed by atoms with E-state index < -0.39 is 17.3 Å². The summed E-state index contributed by atoms with van der Waals surface area (Å²) in [5.41, 5.74) is -0.367. The number of carbonyl (C=O) groups is 1. The number of carbonyl (C=O) groups excluding carboxylic acids is 1. The van der Waals surface area contributed by atoms with Crippen molar-refractivity contribution in [3.05, 3.63) is 79.9 Å². The number of aryl methyl sites for hydroxylation is 1. The lowest BCUT2D eigenvalue weighted by atomic mass is 10.0. The van der Waals surface area contributed by atoms with Crippen LogP contribution in [0.25, 0.3) is 11.0 Å². The van der Waals surface area contributed by atoms with Crippen LogP contribution >= 0.6 is 11.3 Å². The number of alkyl halides is 3. The second kappa shape index (κ2) is 9.26. The summed E-state index contributed by atoms with van der Waals surface area (Å²) in [4.78, 5) is 30.0. The lowest BCUT2D eigenvalue weighted by molar-refractivity contribution is -0.137. The Hall–Kier alpha value is -3.73. The molecule has 4 aromatic rings. The number of hydrogen-bond acceptors (Lipinski definition) is 7. The minimum Gasteiger partial charge on any atom is -0.497 e. The zero-order valence-corrected chi connectivity index (χ0v) is 18.9. The van der Waals surface area contributed by atoms with Crippen molar-refractivity contribution in [3.63, 3.8) is 0 Å². The normalized spacial score (nSPS) is 12.3. The van der Waals surface area contributed by atoms with Crippen LogP contribution in [-0.2, 0) is 12.6 Å². The minimum atomic E-state index is -4.43. The molecule has 2 aromatic heterocycles. The summed E-state index contributed by atoms with van der Waals surface area (Å²) in [6.45, 7) is 0. The number of ether oxygens (including phenoxy) is 2. The molecule has 0 aliphatic carbocycles. The van der Waals surface area contributed by atoms with E-state index in [1.54, 1.807) is 18.2 Å². The summed E-state index contributed by atoms with van der Waals surface area (Å²) >= 11 is 1.07. The quantitative estimate of drug-likeness (QED) is 0.370. The molecule has 0 radical (unpaired) electrons. The molecule has 2 heterocycles. The van der Waals surface area contributed by atoms with E-state index in [2.05, 4.69) is 10.1 Å². The van der Waals surface area contributed by atoms with Gasteiger partial charge in [0.15, 0.2) is 11.6 Å². The largest absolute Gasteiger partial charge is 0.497 e. The zero-order chi connectivity index (χ0) is 24.5. The molecule has 0 aliphatic rings. The first kappa shape index (κ1) is 23.4. The van der Waals surface area contributed by atoms with Gasteiger partial charge in [-0.05, 0) is 42.0 Å². The van der Waals surface area contributed by atoms with Crippen LogP contribution in [0.5, 0.6) is 11.5 Å². The van der Waals surface area contributed by atoms with Crippen LogP contribution in [0.2, 0.25) is 0 Å². The second-order valence-corrected chi connectivity index (χ2v) is 8.26. The standard InChI is InChI=1S/C23H18F3N3O4S/c1-32-15-7-9-18(33-2)16(12-15)17(30)8-10-20-27-22-29(28-20)21(31)19(34-22)11-13-3-5-14(6-4-13)23(24,25)26/h3-7,9,11-12H,8,10H2,1-2H3/b19-11-. The number of Topliss-reactive ketones (excluding diaryl/α,β-unsaturated/α-hetero) is 1. The van der Waals surface area contributed by atoms with Gasteiger partial charge in [0, 0.05) is 12.8 Å². The highest BCUT2D eigenvalue weighted by Gasteiger charge is 2.29. The third-order valence-electron chi connectivity index (χ3n) is 5.04. The molecule has 0 fully saturated rings. The lowest BCUT2D eigenvalue weighted by Crippen LogP contribution is -2.23. The maximum absolute atomic E-state index is 12.7. The lowest BCUT2D eigenvalue weighted by Gasteiger charge is -2.09. The van der Waals surface area contributed by atoms with Crippen molar-refractivity contribution in [2.45, 2.75) is 19.0 Å². The highest BCUT2D eigenvalue weighted by molar-refractivity contribution is 7.15. The SMILES string of the molecule is COc1ccc(OC)c(C(=O)CCc2nc3s/c(=C\c4ccc(C(F)(F)F)cc4)c(=O)n3n2)c1. The van der Waals surface area contributed by atoms with Gasteiger partial charge in [0.25, 0.3) is 5.56 Å². The molecule has 176 valence electrons. The topological polar surface area (TPSA) is 82.8 Å². The number of benzene rings is 2. The van der Waals surface area contributed by atoms with Crippen molar-refractivity contribution >= 4 is 28.2 Å². The molecule has 0 saturated carbocycles. The molecule has 0 N–H and O–H groups in total. The molecule has 11 heteroatoms. The Morgan fingerprint density at radius 3 is 2.47 bits per heavy atom. The molecular formula is C23H18F3N3O4S. The molecule has 7 nitrogen and oxygen atoms in total. The van der Waals surface area contributed by atoms with Gasteiger partial charge in [0.05, 0.1) is 29.9 Å². The van der Waals surface area contributed by atoms with Crippen molar-refractivity contribution in [2.24, 2.45) is 0 Å². The van der Waals surface area contributed by atoms with Gasteiger partial charge < -0.3 is 9.47 Å². The number of aromatic nitrogens is 3. The Morgan fingerprint density at radius 2 is 1.85 bits per heavy atom. The van der Waals surface area contributed by atoms with Gasteiger partial charge in [-0.25, -0.2) is 4.98 Å². The highest BCUT2D eigenvalue weighted by Crippen LogP contribution is 2.29. The first-order valence-corrected chi connectivity index (χ1v) is 10.8. The van der Waals surface area contributed by atoms with E-state index in [0.29, 0.717) is 37.9 Å². The van der Waals surface area contributed by atoms with E-state index in [9.17, 15) is 22.8 Å². The maximum Gasteiger partial charge on any atom is 0.416 e. The number of halogens is 3. The van der Waals surface area contributed by atoms with Crippen LogP contribution in [0.3, 0.4) is 0 Å². The van der Waals surface area contributed by atoms with E-state index in [1.165, 1.54) is 32.4 Å². The zero-order valence-electron chi connectivity index (χ0n) is 18.0. The molecule has 0 aliphatic heterocycles. The Labute approximate surface area is 195 Å². The van der Waals surface area contributed by atoms with Crippen LogP contribution < -0.4 is 19.6 Å². The first-order chi connectivity index (χ1) is 16.2. The van der Waals surface area contributed by atoms with Gasteiger partial charge in [0.1, 0.15) is 11.5 Å². The Morgan fingerprint density at radius 1 is 1.12 bits per heavy atom. The van der Waals surface area contributed by atoms with Gasteiger partial charge in [-0.2, -0.15) is 17.7 Å². The van der Waals surface area contributed by atoms with Crippen molar-refractivity contribution in [2.75, 3.05) is 14.2 Å². The number of hydrogen-bond donors (Lipinski definition) is 0. The predicted octanol–water partition coefficient (Wildman–Crippen LogP) is 3.55. The highest BCUT2D eigenvalue weighted by atomic mass is 32.1. The van der Waals surface area contributed by atoms with Crippen molar-refractivity contribution in [3.8, 4) is 11.5 Å². The van der Waals surface area contributed by atoms with Crippen LogP contribution in [0.15, 0.2) is 47.3 Å². The number of rotatable bonds is 7. The van der Waals surface area contributed by atoms with Gasteiger partial charge in [-0.3, -0.25) is 9.59 Å². The smallest absolute Gasteiger partial charge is 0.416 e. The monoisotopic (exact) mass is 489 g/mol. The minimum absolute atomic E-state index is 0.0973. The summed E-state index contributed by atoms with van der Waals surface area (Å²) in [7, 11) is 2.97. The molecule has 0 bridgehead atoms. The van der Waals surface area contributed by atoms with Crippen LogP contribution in [-0.4, -0.2) is 34.6 Å². The number of thiazole rings is 1. The van der Waals surface area contributed by atoms with Crippen LogP contribution in [0.4, 0.5) is 13.2 Å². The van der Waals surface area contributed by atoms with Crippen molar-refractivity contribution in [1.29, 1.82) is 0 Å². The van der Waals surface area contributed by atoms with Crippen molar-refractivity contribution < 1.29 is 27.4 Å². The average Bonchev–Trinajstić information content (AvgIpc) is 3.35. The van der Waals surface area contributed by atoms with Gasteiger partial charge in [-0.1, -0.05) is 23.5 Å². The van der Waals surface area contributed by atoms with E-state index in [1.807, 2.05) is 0 Å². The third-order valence-corrected chi connectivity index (χ3v) is 6.00. The Bertz CT molecular complexity index is 1460. The van der Waals surface area contributed by atoms with E-state index in [-0.39, 0.29) is 18.6 Å². The molecule has 2 aromatic carbocycles. The molecular weight excluding hydrogens is 471 g/mol. The van der Waals surface area contributed by atoms with E-state index >= 15 is 0 Å². The Kier molecular flexibility index (Phi) is 6.38. The predicted molar refractivity (Wildman–Crippen MR) is 120 cm³/mol. The summed E-state index contributed by atoms with van der Waals surface area (Å²) in [5.74, 6) is 1.10. The summed E-state index contributed by atoms with van der Waals surface area (Å²) in [6, 6.07) is 9.44. The van der Waals surface area contributed by atoms with Crippen molar-refractivity contribution in [1.82, 2.24) is 14.6 Å². The first-order valence-electron chi connectivity index (χ1n) is 10.0.